The van der Waals surface area contributed by atoms with E-state index in [2.05, 4.69) is 10.6 Å². The minimum absolute atomic E-state index is 0.00893. The van der Waals surface area contributed by atoms with Gasteiger partial charge in [0.15, 0.2) is 6.61 Å². The molecule has 5 nitrogen and oxygen atoms in total. The van der Waals surface area contributed by atoms with E-state index in [0.29, 0.717) is 11.6 Å². The molecule has 3 saturated carbocycles. The summed E-state index contributed by atoms with van der Waals surface area (Å²) < 4.78 is 18.7. The maximum absolute atomic E-state index is 13.4. The highest BCUT2D eigenvalue weighted by Gasteiger charge is 2.68. The molecule has 2 aromatic rings. The molecule has 2 bridgehead atoms. The van der Waals surface area contributed by atoms with E-state index in [0.717, 1.165) is 30.9 Å². The van der Waals surface area contributed by atoms with Crippen LogP contribution in [-0.2, 0) is 4.79 Å². The van der Waals surface area contributed by atoms with Crippen LogP contribution in [0, 0.1) is 5.82 Å². The van der Waals surface area contributed by atoms with E-state index in [4.69, 9.17) is 27.9 Å². The van der Waals surface area contributed by atoms with Crippen LogP contribution in [0.4, 0.5) is 4.39 Å². The number of carbonyl (C=O) groups excluding carboxylic acids is 1. The third kappa shape index (κ3) is 4.36. The Balaban J connectivity index is 1.19. The van der Waals surface area contributed by atoms with Crippen LogP contribution in [0.1, 0.15) is 30.9 Å². The zero-order valence-electron chi connectivity index (χ0n) is 15.6. The van der Waals surface area contributed by atoms with E-state index < -0.39 is 11.9 Å². The lowest BCUT2D eigenvalue weighted by atomic mass is 9.44. The number of hydrogen-bond acceptors (Lipinski definition) is 4. The first kappa shape index (κ1) is 20.4. The number of benzene rings is 2. The van der Waals surface area contributed by atoms with Gasteiger partial charge in [-0.15, -0.1) is 0 Å². The molecule has 29 heavy (non-hydrogen) atoms. The van der Waals surface area contributed by atoms with E-state index >= 15 is 0 Å². The Bertz CT molecular complexity index is 903. The number of nitrogens with one attached hydrogen (secondary N) is 2. The molecule has 5 rings (SSSR count). The highest BCUT2D eigenvalue weighted by atomic mass is 35.5. The Kier molecular flexibility index (Phi) is 5.46. The van der Waals surface area contributed by atoms with Crippen LogP contribution in [0.15, 0.2) is 42.5 Å². The van der Waals surface area contributed by atoms with Gasteiger partial charge in [-0.2, -0.15) is 0 Å². The summed E-state index contributed by atoms with van der Waals surface area (Å²) in [5.74, 6) is -0.568. The van der Waals surface area contributed by atoms with Gasteiger partial charge in [-0.25, -0.2) is 4.39 Å². The number of hydrogen-bond donors (Lipinski definition) is 3. The molecule has 2 aromatic carbocycles. The lowest BCUT2D eigenvalue weighted by Gasteiger charge is -2.70. The number of amides is 1. The third-order valence-corrected chi connectivity index (χ3v) is 6.18. The Labute approximate surface area is 178 Å². The fraction of sp³-hybridized carbons (Fsp3) is 0.381. The highest BCUT2D eigenvalue weighted by molar-refractivity contribution is 6.30. The Morgan fingerprint density at radius 2 is 1.83 bits per heavy atom. The number of β-amino-alcohol motifs (C(OH)–C–C–N with tert-alkyl or cyclic N) is 1. The molecular formula is C21H21Cl2FN2O3. The summed E-state index contributed by atoms with van der Waals surface area (Å²) >= 11 is 11.5. The lowest BCUT2D eigenvalue weighted by Crippen LogP contribution is -2.83. The average Bonchev–Trinajstić information content (AvgIpc) is 2.64. The largest absolute Gasteiger partial charge is 0.484 e. The Morgan fingerprint density at radius 1 is 1.14 bits per heavy atom. The summed E-state index contributed by atoms with van der Waals surface area (Å²) in [4.78, 5) is 12.2. The first-order chi connectivity index (χ1) is 13.8. The molecule has 0 heterocycles. The van der Waals surface area contributed by atoms with Crippen molar-refractivity contribution in [2.45, 2.75) is 36.4 Å². The molecule has 3 N–H and O–H groups in total. The topological polar surface area (TPSA) is 70.6 Å². The quantitative estimate of drug-likeness (QED) is 0.588. The molecular weight excluding hydrogens is 418 g/mol. The zero-order chi connectivity index (χ0) is 20.6. The van der Waals surface area contributed by atoms with Gasteiger partial charge in [0.25, 0.3) is 5.91 Å². The van der Waals surface area contributed by atoms with Crippen molar-refractivity contribution in [2.75, 3.05) is 13.2 Å². The first-order valence-corrected chi connectivity index (χ1v) is 10.1. The molecule has 0 spiro atoms. The van der Waals surface area contributed by atoms with Crippen LogP contribution in [0.5, 0.6) is 5.75 Å². The third-order valence-electron chi connectivity index (χ3n) is 5.62. The smallest absolute Gasteiger partial charge is 0.258 e. The van der Waals surface area contributed by atoms with Gasteiger partial charge >= 0.3 is 0 Å². The van der Waals surface area contributed by atoms with Gasteiger partial charge < -0.3 is 20.5 Å². The van der Waals surface area contributed by atoms with Crippen molar-refractivity contribution < 1.29 is 19.0 Å². The molecule has 3 fully saturated rings. The highest BCUT2D eigenvalue weighted by Crippen LogP contribution is 2.60. The maximum Gasteiger partial charge on any atom is 0.258 e. The van der Waals surface area contributed by atoms with Crippen LogP contribution in [0.3, 0.4) is 0 Å². The van der Waals surface area contributed by atoms with Crippen LogP contribution in [-0.4, -0.2) is 35.2 Å². The van der Waals surface area contributed by atoms with Gasteiger partial charge in [-0.05, 0) is 49.1 Å². The molecule has 0 radical (unpaired) electrons. The monoisotopic (exact) mass is 438 g/mol. The second kappa shape index (κ2) is 7.76. The summed E-state index contributed by atoms with van der Waals surface area (Å²) in [5.41, 5.74) is 0.581. The molecule has 1 unspecified atom stereocenters. The molecule has 1 amide bonds. The van der Waals surface area contributed by atoms with Crippen LogP contribution >= 0.6 is 23.2 Å². The molecule has 3 aliphatic rings. The van der Waals surface area contributed by atoms with Gasteiger partial charge in [-0.3, -0.25) is 4.79 Å². The Morgan fingerprint density at radius 3 is 2.48 bits per heavy atom. The number of aliphatic hydroxyl groups is 1. The van der Waals surface area contributed by atoms with Crippen molar-refractivity contribution in [1.82, 2.24) is 10.6 Å². The molecule has 0 aliphatic heterocycles. The van der Waals surface area contributed by atoms with Gasteiger partial charge in [0.1, 0.15) is 11.6 Å². The lowest BCUT2D eigenvalue weighted by molar-refractivity contribution is -0.144. The van der Waals surface area contributed by atoms with Crippen LogP contribution in [0.2, 0.25) is 10.0 Å². The van der Waals surface area contributed by atoms with Crippen molar-refractivity contribution in [1.29, 1.82) is 0 Å². The van der Waals surface area contributed by atoms with E-state index in [1.165, 1.54) is 12.1 Å². The average molecular weight is 439 g/mol. The number of aliphatic hydroxyl groups excluding tert-OH is 1. The standard InChI is InChI=1S/C21H21Cl2FN2O3/c22-14-3-1-13(2-4-14)18(27)8-25-20-10-21(11-20,12-20)26-19(28)9-29-15-5-6-16(23)17(24)7-15/h1-7,18,25,27H,8-12H2,(H,26,28). The van der Waals surface area contributed by atoms with Gasteiger partial charge in [-0.1, -0.05) is 35.3 Å². The molecule has 1 atom stereocenters. The minimum atomic E-state index is -0.611. The predicted molar refractivity (Wildman–Crippen MR) is 109 cm³/mol. The Hall–Kier alpha value is -1.86. The molecule has 0 saturated heterocycles. The molecule has 154 valence electrons. The van der Waals surface area contributed by atoms with Crippen molar-refractivity contribution in [3.63, 3.8) is 0 Å². The summed E-state index contributed by atoms with van der Waals surface area (Å²) in [7, 11) is 0. The fourth-order valence-electron chi connectivity index (χ4n) is 4.27. The minimum Gasteiger partial charge on any atom is -0.484 e. The normalized spacial score (nSPS) is 25.5. The van der Waals surface area contributed by atoms with Crippen molar-refractivity contribution in [2.24, 2.45) is 0 Å². The first-order valence-electron chi connectivity index (χ1n) is 9.36. The van der Waals surface area contributed by atoms with Crippen molar-refractivity contribution in [3.05, 3.63) is 63.9 Å². The van der Waals surface area contributed by atoms with Crippen LogP contribution in [0.25, 0.3) is 0 Å². The van der Waals surface area contributed by atoms with E-state index in [1.54, 1.807) is 12.1 Å². The number of halogens is 3. The number of ether oxygens (including phenoxy) is 1. The van der Waals surface area contributed by atoms with Gasteiger partial charge in [0, 0.05) is 28.7 Å². The SMILES string of the molecule is O=C(COc1ccc(Cl)c(F)c1)NC12CC(NCC(O)c3ccc(Cl)cc3)(C1)C2. The van der Waals surface area contributed by atoms with Gasteiger partial charge in [0.05, 0.1) is 11.1 Å². The second-order valence-corrected chi connectivity index (χ2v) is 8.80. The zero-order valence-corrected chi connectivity index (χ0v) is 17.1. The fourth-order valence-corrected chi connectivity index (χ4v) is 4.51. The van der Waals surface area contributed by atoms with Crippen LogP contribution < -0.4 is 15.4 Å². The van der Waals surface area contributed by atoms with E-state index in [9.17, 15) is 14.3 Å². The van der Waals surface area contributed by atoms with Crippen molar-refractivity contribution >= 4 is 29.1 Å². The summed E-state index contributed by atoms with van der Waals surface area (Å²) in [6, 6.07) is 11.2. The molecule has 3 aliphatic carbocycles. The summed E-state index contributed by atoms with van der Waals surface area (Å²) in [5, 5.41) is 17.4. The summed E-state index contributed by atoms with van der Waals surface area (Å²) in [6.45, 7) is 0.259. The number of carbonyl (C=O) groups is 1. The summed E-state index contributed by atoms with van der Waals surface area (Å²) in [6.07, 6.45) is 1.83. The molecule has 8 heteroatoms. The predicted octanol–water partition coefficient (Wildman–Crippen LogP) is 3.63. The van der Waals surface area contributed by atoms with E-state index in [1.807, 2.05) is 12.1 Å². The number of rotatable bonds is 8. The van der Waals surface area contributed by atoms with Gasteiger partial charge in [0.2, 0.25) is 0 Å². The van der Waals surface area contributed by atoms with Crippen molar-refractivity contribution in [3.8, 4) is 5.75 Å². The molecule has 0 aromatic heterocycles. The second-order valence-electron chi connectivity index (χ2n) is 7.95. The van der Waals surface area contributed by atoms with E-state index in [-0.39, 0.29) is 34.4 Å². The maximum atomic E-state index is 13.4.